The molecule has 0 amide bonds. The van der Waals surface area contributed by atoms with Gasteiger partial charge in [-0.3, -0.25) is 4.79 Å². The molecule has 3 heteroatoms. The molecule has 0 bridgehead atoms. The molecule has 0 heterocycles. The second-order valence-corrected chi connectivity index (χ2v) is 10.6. The number of hydrogen-bond acceptors (Lipinski definition) is 3. The van der Waals surface area contributed by atoms with Crippen LogP contribution in [-0.2, 0) is 9.53 Å². The van der Waals surface area contributed by atoms with Crippen molar-refractivity contribution in [3.8, 4) is 0 Å². The van der Waals surface area contributed by atoms with E-state index in [4.69, 9.17) is 4.74 Å². The van der Waals surface area contributed by atoms with Gasteiger partial charge in [-0.25, -0.2) is 0 Å². The molecule has 4 atom stereocenters. The molecule has 0 rings (SSSR count). The Bertz CT molecular complexity index is 409. The predicted octanol–water partition coefficient (Wildman–Crippen LogP) is 8.86. The molecule has 192 valence electrons. The monoisotopic (exact) mass is 454 g/mol. The average molecular weight is 455 g/mol. The maximum Gasteiger partial charge on any atom is 0.311 e. The van der Waals surface area contributed by atoms with Gasteiger partial charge >= 0.3 is 5.97 Å². The van der Waals surface area contributed by atoms with Gasteiger partial charge < -0.3 is 9.84 Å². The predicted molar refractivity (Wildman–Crippen MR) is 139 cm³/mol. The fourth-order valence-corrected chi connectivity index (χ4v) is 4.93. The standard InChI is InChI=1S/C29H58O3/c1-6-7-8-9-10-11-12-13-14-15-16-17-18-19-20-21-22-23-25(2)24-26(3)28(30)27(4)29(31)32-5/h25-28,30H,6-24H2,1-5H3. The Balaban J connectivity index is 3.43. The van der Waals surface area contributed by atoms with E-state index in [-0.39, 0.29) is 11.9 Å². The third-order valence-corrected chi connectivity index (χ3v) is 7.24. The Kier molecular flexibility index (Phi) is 21.8. The quantitative estimate of drug-likeness (QED) is 0.124. The van der Waals surface area contributed by atoms with Crippen LogP contribution in [0.4, 0.5) is 0 Å². The van der Waals surface area contributed by atoms with E-state index >= 15 is 0 Å². The third-order valence-electron chi connectivity index (χ3n) is 7.24. The molecule has 0 aliphatic rings. The molecule has 0 spiro atoms. The zero-order chi connectivity index (χ0) is 24.0. The number of ether oxygens (including phenoxy) is 1. The summed E-state index contributed by atoms with van der Waals surface area (Å²) in [4.78, 5) is 11.6. The van der Waals surface area contributed by atoms with E-state index in [2.05, 4.69) is 20.8 Å². The SMILES string of the molecule is CCCCCCCCCCCCCCCCCCCC(C)CC(C)C(O)C(C)C(=O)OC. The lowest BCUT2D eigenvalue weighted by Gasteiger charge is -2.25. The van der Waals surface area contributed by atoms with Gasteiger partial charge in [0.25, 0.3) is 0 Å². The summed E-state index contributed by atoms with van der Waals surface area (Å²) in [6, 6.07) is 0. The summed E-state index contributed by atoms with van der Waals surface area (Å²) in [5.74, 6) is -0.0292. The molecule has 0 saturated carbocycles. The summed E-state index contributed by atoms with van der Waals surface area (Å²) in [5, 5.41) is 10.4. The molecule has 0 saturated heterocycles. The zero-order valence-corrected chi connectivity index (χ0v) is 22.5. The third kappa shape index (κ3) is 17.9. The summed E-state index contributed by atoms with van der Waals surface area (Å²) in [6.07, 6.45) is 25.6. The van der Waals surface area contributed by atoms with Crippen LogP contribution >= 0.6 is 0 Å². The van der Waals surface area contributed by atoms with Gasteiger partial charge in [-0.1, -0.05) is 136 Å². The highest BCUT2D eigenvalue weighted by molar-refractivity contribution is 5.72. The van der Waals surface area contributed by atoms with Gasteiger partial charge in [-0.15, -0.1) is 0 Å². The molecule has 32 heavy (non-hydrogen) atoms. The van der Waals surface area contributed by atoms with E-state index in [1.54, 1.807) is 6.92 Å². The molecule has 0 aromatic carbocycles. The number of unbranched alkanes of at least 4 members (excludes halogenated alkanes) is 16. The van der Waals surface area contributed by atoms with Crippen LogP contribution in [0.15, 0.2) is 0 Å². The van der Waals surface area contributed by atoms with Crippen molar-refractivity contribution >= 4 is 5.97 Å². The van der Waals surface area contributed by atoms with Crippen molar-refractivity contribution in [2.45, 2.75) is 156 Å². The Hall–Kier alpha value is -0.570. The van der Waals surface area contributed by atoms with Gasteiger partial charge in [0.2, 0.25) is 0 Å². The van der Waals surface area contributed by atoms with E-state index in [1.807, 2.05) is 0 Å². The molecule has 4 unspecified atom stereocenters. The van der Waals surface area contributed by atoms with Crippen molar-refractivity contribution in [1.82, 2.24) is 0 Å². The van der Waals surface area contributed by atoms with Crippen LogP contribution in [0.1, 0.15) is 150 Å². The smallest absolute Gasteiger partial charge is 0.311 e. The second-order valence-electron chi connectivity index (χ2n) is 10.6. The molecule has 1 N–H and O–H groups in total. The van der Waals surface area contributed by atoms with Crippen LogP contribution in [0.2, 0.25) is 0 Å². The van der Waals surface area contributed by atoms with Crippen molar-refractivity contribution in [2.24, 2.45) is 17.8 Å². The highest BCUT2D eigenvalue weighted by atomic mass is 16.5. The first-order valence-electron chi connectivity index (χ1n) is 14.2. The zero-order valence-electron chi connectivity index (χ0n) is 22.5. The van der Waals surface area contributed by atoms with Gasteiger partial charge in [0.05, 0.1) is 19.1 Å². The van der Waals surface area contributed by atoms with Gasteiger partial charge in [-0.05, 0) is 25.2 Å². The summed E-state index contributed by atoms with van der Waals surface area (Å²) >= 11 is 0. The molecule has 0 aromatic rings. The second kappa shape index (κ2) is 22.2. The Morgan fingerprint density at radius 2 is 1.06 bits per heavy atom. The topological polar surface area (TPSA) is 46.5 Å². The highest BCUT2D eigenvalue weighted by Gasteiger charge is 2.28. The molecule has 0 aliphatic carbocycles. The van der Waals surface area contributed by atoms with E-state index in [0.29, 0.717) is 5.92 Å². The summed E-state index contributed by atoms with van der Waals surface area (Å²) < 4.78 is 4.76. The fraction of sp³-hybridized carbons (Fsp3) is 0.966. The van der Waals surface area contributed by atoms with Gasteiger partial charge in [-0.2, -0.15) is 0 Å². The molecule has 0 aliphatic heterocycles. The summed E-state index contributed by atoms with van der Waals surface area (Å²) in [6.45, 7) is 8.37. The average Bonchev–Trinajstić information content (AvgIpc) is 2.79. The van der Waals surface area contributed by atoms with Crippen molar-refractivity contribution in [3.05, 3.63) is 0 Å². The fourth-order valence-electron chi connectivity index (χ4n) is 4.93. The van der Waals surface area contributed by atoms with Gasteiger partial charge in [0, 0.05) is 0 Å². The number of methoxy groups -OCH3 is 1. The van der Waals surface area contributed by atoms with Crippen LogP contribution in [0.3, 0.4) is 0 Å². The minimum absolute atomic E-state index is 0.130. The van der Waals surface area contributed by atoms with E-state index in [1.165, 1.54) is 123 Å². The van der Waals surface area contributed by atoms with Crippen LogP contribution in [0, 0.1) is 17.8 Å². The van der Waals surface area contributed by atoms with Gasteiger partial charge in [0.15, 0.2) is 0 Å². The summed E-state index contributed by atoms with van der Waals surface area (Å²) in [7, 11) is 1.39. The number of aliphatic hydroxyl groups is 1. The molecular weight excluding hydrogens is 396 g/mol. The first-order valence-corrected chi connectivity index (χ1v) is 14.2. The highest BCUT2D eigenvalue weighted by Crippen LogP contribution is 2.24. The van der Waals surface area contributed by atoms with E-state index in [0.717, 1.165) is 6.42 Å². The number of aliphatic hydroxyl groups excluding tert-OH is 1. The normalized spacial score (nSPS) is 15.3. The van der Waals surface area contributed by atoms with Crippen molar-refractivity contribution in [1.29, 1.82) is 0 Å². The number of esters is 1. The molecular formula is C29H58O3. The van der Waals surface area contributed by atoms with Crippen molar-refractivity contribution < 1.29 is 14.6 Å². The Morgan fingerprint density at radius 1 is 0.688 bits per heavy atom. The van der Waals surface area contributed by atoms with Crippen LogP contribution in [0.5, 0.6) is 0 Å². The number of hydrogen-bond donors (Lipinski definition) is 1. The van der Waals surface area contributed by atoms with Crippen molar-refractivity contribution in [3.63, 3.8) is 0 Å². The molecule has 3 nitrogen and oxygen atoms in total. The number of rotatable bonds is 23. The van der Waals surface area contributed by atoms with Crippen LogP contribution < -0.4 is 0 Å². The van der Waals surface area contributed by atoms with Crippen LogP contribution in [-0.4, -0.2) is 24.3 Å². The van der Waals surface area contributed by atoms with E-state index in [9.17, 15) is 9.90 Å². The lowest BCUT2D eigenvalue weighted by Crippen LogP contribution is -2.32. The Morgan fingerprint density at radius 3 is 1.44 bits per heavy atom. The first kappa shape index (κ1) is 31.4. The largest absolute Gasteiger partial charge is 0.469 e. The minimum atomic E-state index is -0.611. The van der Waals surface area contributed by atoms with Gasteiger partial charge in [0.1, 0.15) is 0 Å². The molecule has 0 fully saturated rings. The number of carbonyl (C=O) groups excluding carboxylic acids is 1. The molecule has 0 radical (unpaired) electrons. The lowest BCUT2D eigenvalue weighted by molar-refractivity contribution is -0.150. The Labute approximate surface area is 201 Å². The maximum atomic E-state index is 11.6. The maximum absolute atomic E-state index is 11.6. The lowest BCUT2D eigenvalue weighted by atomic mass is 9.85. The van der Waals surface area contributed by atoms with Crippen LogP contribution in [0.25, 0.3) is 0 Å². The minimum Gasteiger partial charge on any atom is -0.469 e. The first-order chi connectivity index (χ1) is 15.4. The number of carbonyl (C=O) groups is 1. The van der Waals surface area contributed by atoms with Crippen molar-refractivity contribution in [2.75, 3.05) is 7.11 Å². The van der Waals surface area contributed by atoms with E-state index < -0.39 is 12.0 Å². The molecule has 0 aromatic heterocycles. The summed E-state index contributed by atoms with van der Waals surface area (Å²) in [5.41, 5.74) is 0.